The number of carbonyl (C=O) groups excluding carboxylic acids is 1. The Morgan fingerprint density at radius 3 is 2.54 bits per heavy atom. The van der Waals surface area contributed by atoms with Crippen LogP contribution in [0, 0.1) is 10.1 Å². The highest BCUT2D eigenvalue weighted by molar-refractivity contribution is 6.03. The van der Waals surface area contributed by atoms with E-state index >= 15 is 0 Å². The molecule has 2 aliphatic rings. The van der Waals surface area contributed by atoms with Crippen LogP contribution in [0.3, 0.4) is 0 Å². The fraction of sp³-hybridized carbons (Fsp3) is 0.174. The molecule has 28 heavy (non-hydrogen) atoms. The van der Waals surface area contributed by atoms with Crippen LogP contribution < -0.4 is 5.32 Å². The van der Waals surface area contributed by atoms with Gasteiger partial charge in [-0.25, -0.2) is 0 Å². The van der Waals surface area contributed by atoms with Gasteiger partial charge in [0.15, 0.2) is 5.78 Å². The van der Waals surface area contributed by atoms with Crippen LogP contribution in [0.15, 0.2) is 71.9 Å². The molecule has 138 valence electrons. The highest BCUT2D eigenvalue weighted by Gasteiger charge is 2.35. The molecule has 1 aliphatic heterocycles. The zero-order chi connectivity index (χ0) is 19.3. The van der Waals surface area contributed by atoms with E-state index in [4.69, 9.17) is 0 Å². The summed E-state index contributed by atoms with van der Waals surface area (Å²) in [5, 5.41) is 16.7. The first-order valence-electron chi connectivity index (χ1n) is 9.43. The standard InChI is InChI=1S/C23H18N2O3/c26-20-7-3-6-18-21(15-8-11-16(12-9-15)25(27)28)22-17-5-2-1-4-14(17)10-13-19(22)24-23(18)20/h1-2,4-5,8-13,21,24H,3,6-7H2. The molecule has 1 N–H and O–H groups in total. The van der Waals surface area contributed by atoms with Crippen molar-refractivity contribution < 1.29 is 9.72 Å². The van der Waals surface area contributed by atoms with Gasteiger partial charge in [-0.3, -0.25) is 14.9 Å². The van der Waals surface area contributed by atoms with Gasteiger partial charge in [0.05, 0.1) is 10.6 Å². The number of Topliss-reactive ketones (excluding diaryl/α,β-unsaturated/α-hetero) is 1. The smallest absolute Gasteiger partial charge is 0.269 e. The largest absolute Gasteiger partial charge is 0.352 e. The molecule has 0 fully saturated rings. The van der Waals surface area contributed by atoms with Gasteiger partial charge in [0.2, 0.25) is 0 Å². The average Bonchev–Trinajstić information content (AvgIpc) is 2.72. The number of hydrogen-bond donors (Lipinski definition) is 1. The van der Waals surface area contributed by atoms with Gasteiger partial charge in [0.1, 0.15) is 0 Å². The number of anilines is 1. The Hall–Kier alpha value is -3.47. The Kier molecular flexibility index (Phi) is 3.76. The molecule has 5 heteroatoms. The van der Waals surface area contributed by atoms with Crippen LogP contribution in [0.4, 0.5) is 11.4 Å². The number of benzene rings is 3. The van der Waals surface area contributed by atoms with Crippen molar-refractivity contribution in [3.63, 3.8) is 0 Å². The summed E-state index contributed by atoms with van der Waals surface area (Å²) in [6.07, 6.45) is 2.24. The van der Waals surface area contributed by atoms with Crippen LogP contribution in [-0.4, -0.2) is 10.7 Å². The highest BCUT2D eigenvalue weighted by Crippen LogP contribution is 2.48. The van der Waals surface area contributed by atoms with Crippen molar-refractivity contribution in [1.29, 1.82) is 0 Å². The van der Waals surface area contributed by atoms with Crippen LogP contribution in [0.1, 0.15) is 36.3 Å². The van der Waals surface area contributed by atoms with Crippen molar-refractivity contribution in [2.24, 2.45) is 0 Å². The second-order valence-electron chi connectivity index (χ2n) is 7.33. The van der Waals surface area contributed by atoms with Crippen molar-refractivity contribution >= 4 is 27.9 Å². The molecule has 3 aromatic rings. The molecular weight excluding hydrogens is 352 g/mol. The molecule has 0 bridgehead atoms. The number of allylic oxidation sites excluding steroid dienone is 2. The van der Waals surface area contributed by atoms with Gasteiger partial charge < -0.3 is 5.32 Å². The molecule has 0 amide bonds. The maximum atomic E-state index is 12.6. The number of ketones is 1. The summed E-state index contributed by atoms with van der Waals surface area (Å²) in [4.78, 5) is 23.3. The summed E-state index contributed by atoms with van der Waals surface area (Å²) in [5.74, 6) is 0.0642. The number of rotatable bonds is 2. The molecule has 1 aliphatic carbocycles. The summed E-state index contributed by atoms with van der Waals surface area (Å²) in [7, 11) is 0. The van der Waals surface area contributed by atoms with Gasteiger partial charge in [0, 0.05) is 30.2 Å². The number of nitrogens with one attached hydrogen (secondary N) is 1. The molecule has 1 heterocycles. The molecule has 0 spiro atoms. The van der Waals surface area contributed by atoms with Gasteiger partial charge in [-0.2, -0.15) is 0 Å². The van der Waals surface area contributed by atoms with E-state index in [-0.39, 0.29) is 22.3 Å². The van der Waals surface area contributed by atoms with Gasteiger partial charge in [-0.05, 0) is 46.4 Å². The number of hydrogen-bond acceptors (Lipinski definition) is 4. The first kappa shape index (κ1) is 16.7. The van der Waals surface area contributed by atoms with Crippen LogP contribution >= 0.6 is 0 Å². The number of carbonyl (C=O) groups is 1. The topological polar surface area (TPSA) is 72.2 Å². The molecule has 0 aromatic heterocycles. The average molecular weight is 370 g/mol. The van der Waals surface area contributed by atoms with Crippen molar-refractivity contribution in [2.75, 3.05) is 5.32 Å². The Morgan fingerprint density at radius 1 is 0.964 bits per heavy atom. The van der Waals surface area contributed by atoms with E-state index in [1.807, 2.05) is 30.3 Å². The number of nitro groups is 1. The minimum Gasteiger partial charge on any atom is -0.352 e. The molecule has 1 atom stereocenters. The number of non-ortho nitro benzene ring substituents is 1. The lowest BCUT2D eigenvalue weighted by Crippen LogP contribution is -2.27. The predicted molar refractivity (Wildman–Crippen MR) is 108 cm³/mol. The van der Waals surface area contributed by atoms with Crippen LogP contribution in [-0.2, 0) is 4.79 Å². The minimum absolute atomic E-state index is 0.0738. The zero-order valence-electron chi connectivity index (χ0n) is 15.1. The summed E-state index contributed by atoms with van der Waals surface area (Å²) in [6.45, 7) is 0. The Labute approximate surface area is 161 Å². The molecule has 3 aromatic carbocycles. The van der Waals surface area contributed by atoms with Gasteiger partial charge in [0.25, 0.3) is 5.69 Å². The van der Waals surface area contributed by atoms with Crippen molar-refractivity contribution in [3.05, 3.63) is 93.2 Å². The lowest BCUT2D eigenvalue weighted by atomic mass is 9.74. The van der Waals surface area contributed by atoms with Gasteiger partial charge >= 0.3 is 0 Å². The number of nitro benzene ring substituents is 1. The van der Waals surface area contributed by atoms with Crippen molar-refractivity contribution in [1.82, 2.24) is 0 Å². The molecule has 5 nitrogen and oxygen atoms in total. The van der Waals surface area contributed by atoms with Gasteiger partial charge in [-0.1, -0.05) is 42.5 Å². The third-order valence-corrected chi connectivity index (χ3v) is 5.75. The molecule has 0 saturated carbocycles. The summed E-state index contributed by atoms with van der Waals surface area (Å²) >= 11 is 0. The fourth-order valence-electron chi connectivity index (χ4n) is 4.49. The Balaban J connectivity index is 1.77. The third-order valence-electron chi connectivity index (χ3n) is 5.75. The maximum absolute atomic E-state index is 12.6. The third kappa shape index (κ3) is 2.51. The number of fused-ring (bicyclic) bond motifs is 3. The van der Waals surface area contributed by atoms with Gasteiger partial charge in [-0.15, -0.1) is 0 Å². The molecule has 0 saturated heterocycles. The van der Waals surface area contributed by atoms with Crippen LogP contribution in [0.25, 0.3) is 10.8 Å². The first-order valence-corrected chi connectivity index (χ1v) is 9.43. The maximum Gasteiger partial charge on any atom is 0.269 e. The second kappa shape index (κ2) is 6.30. The van der Waals surface area contributed by atoms with E-state index in [9.17, 15) is 14.9 Å². The predicted octanol–water partition coefficient (Wildman–Crippen LogP) is 5.31. The van der Waals surface area contributed by atoms with E-state index in [0.29, 0.717) is 12.1 Å². The fourth-order valence-corrected chi connectivity index (χ4v) is 4.49. The number of nitrogens with zero attached hydrogens (tertiary/aromatic N) is 1. The SMILES string of the molecule is O=C1CCCC2=C1Nc1ccc3ccccc3c1C2c1ccc([N+](=O)[O-])cc1. The zero-order valence-corrected chi connectivity index (χ0v) is 15.1. The Bertz CT molecular complexity index is 1160. The van der Waals surface area contributed by atoms with E-state index in [1.165, 1.54) is 0 Å². The second-order valence-corrected chi connectivity index (χ2v) is 7.33. The lowest BCUT2D eigenvalue weighted by Gasteiger charge is -2.35. The molecule has 1 unspecified atom stereocenters. The van der Waals surface area contributed by atoms with Crippen LogP contribution in [0.5, 0.6) is 0 Å². The first-order chi connectivity index (χ1) is 13.6. The van der Waals surface area contributed by atoms with E-state index < -0.39 is 0 Å². The van der Waals surface area contributed by atoms with Crippen molar-refractivity contribution in [2.45, 2.75) is 25.2 Å². The van der Waals surface area contributed by atoms with Crippen LogP contribution in [0.2, 0.25) is 0 Å². The quantitative estimate of drug-likeness (QED) is 0.490. The molecule has 5 rings (SSSR count). The van der Waals surface area contributed by atoms with E-state index in [1.54, 1.807) is 12.1 Å². The summed E-state index contributed by atoms with van der Waals surface area (Å²) in [6, 6.07) is 19.1. The normalized spacial score (nSPS) is 18.4. The van der Waals surface area contributed by atoms with E-state index in [2.05, 4.69) is 23.5 Å². The molecule has 0 radical (unpaired) electrons. The highest BCUT2D eigenvalue weighted by atomic mass is 16.6. The summed E-state index contributed by atoms with van der Waals surface area (Å²) < 4.78 is 0. The monoisotopic (exact) mass is 370 g/mol. The minimum atomic E-state index is -0.385. The van der Waals surface area contributed by atoms with Crippen molar-refractivity contribution in [3.8, 4) is 0 Å². The Morgan fingerprint density at radius 2 is 1.75 bits per heavy atom. The molecular formula is C23H18N2O3. The lowest BCUT2D eigenvalue weighted by molar-refractivity contribution is -0.384. The van der Waals surface area contributed by atoms with E-state index in [0.717, 1.165) is 46.0 Å². The summed E-state index contributed by atoms with van der Waals surface area (Å²) in [5.41, 5.74) is 4.93.